The van der Waals surface area contributed by atoms with Crippen LogP contribution >= 0.6 is 0 Å². The van der Waals surface area contributed by atoms with Crippen LogP contribution in [0.3, 0.4) is 0 Å². The Morgan fingerprint density at radius 1 is 0.808 bits per heavy atom. The van der Waals surface area contributed by atoms with Crippen LogP contribution in [0.2, 0.25) is 0 Å². The Bertz CT molecular complexity index is 615. The van der Waals surface area contributed by atoms with E-state index < -0.39 is 51.9 Å². The molecule has 0 amide bonds. The van der Waals surface area contributed by atoms with Gasteiger partial charge in [-0.2, -0.15) is 0 Å². The van der Waals surface area contributed by atoms with Gasteiger partial charge in [-0.1, -0.05) is 13.8 Å². The highest BCUT2D eigenvalue weighted by molar-refractivity contribution is 5.25. The normalized spacial score (nSPS) is 63.9. The van der Waals surface area contributed by atoms with Gasteiger partial charge in [0.25, 0.3) is 0 Å². The summed E-state index contributed by atoms with van der Waals surface area (Å²) in [5, 5.41) is 67.1. The third-order valence-electron chi connectivity index (χ3n) is 9.26. The molecular weight excluding hydrogens is 336 g/mol. The highest BCUT2D eigenvalue weighted by atomic mass is 16.4. The van der Waals surface area contributed by atoms with Gasteiger partial charge >= 0.3 is 0 Å². The Morgan fingerprint density at radius 2 is 1.42 bits per heavy atom. The molecule has 0 aromatic heterocycles. The Labute approximate surface area is 154 Å². The van der Waals surface area contributed by atoms with Gasteiger partial charge in [-0.3, -0.25) is 0 Å². The van der Waals surface area contributed by atoms with Crippen LogP contribution in [-0.4, -0.2) is 65.8 Å². The largest absolute Gasteiger partial charge is 0.392 e. The van der Waals surface area contributed by atoms with Crippen molar-refractivity contribution in [1.29, 1.82) is 0 Å². The zero-order chi connectivity index (χ0) is 19.5. The van der Waals surface area contributed by atoms with Crippen molar-refractivity contribution in [2.75, 3.05) is 0 Å². The van der Waals surface area contributed by atoms with Crippen LogP contribution in [-0.2, 0) is 0 Å². The molecule has 1 spiro atoms. The Balaban J connectivity index is 1.89. The quantitative estimate of drug-likeness (QED) is 0.361. The summed E-state index contributed by atoms with van der Waals surface area (Å²) in [6.07, 6.45) is -1.01. The van der Waals surface area contributed by atoms with Gasteiger partial charge in [0.1, 0.15) is 5.60 Å². The lowest BCUT2D eigenvalue weighted by molar-refractivity contribution is -0.201. The second kappa shape index (κ2) is 5.02. The summed E-state index contributed by atoms with van der Waals surface area (Å²) in [7, 11) is 0. The molecule has 0 aromatic carbocycles. The predicted octanol–water partition coefficient (Wildman–Crippen LogP) is 0.168. The van der Waals surface area contributed by atoms with E-state index in [0.717, 1.165) is 0 Å². The summed E-state index contributed by atoms with van der Waals surface area (Å²) < 4.78 is 0. The molecular formula is C20H34O6. The van der Waals surface area contributed by atoms with Crippen molar-refractivity contribution in [3.05, 3.63) is 0 Å². The lowest BCUT2D eigenvalue weighted by atomic mass is 9.57. The van der Waals surface area contributed by atoms with Crippen LogP contribution < -0.4 is 0 Å². The van der Waals surface area contributed by atoms with E-state index in [1.54, 1.807) is 27.7 Å². The number of aliphatic hydroxyl groups is 6. The van der Waals surface area contributed by atoms with E-state index in [9.17, 15) is 30.6 Å². The van der Waals surface area contributed by atoms with Gasteiger partial charge in [0.05, 0.1) is 29.5 Å². The van der Waals surface area contributed by atoms with E-state index in [0.29, 0.717) is 19.3 Å². The fourth-order valence-corrected chi connectivity index (χ4v) is 7.80. The molecule has 26 heavy (non-hydrogen) atoms. The maximum atomic E-state index is 11.7. The van der Waals surface area contributed by atoms with Crippen LogP contribution in [0.4, 0.5) is 0 Å². The van der Waals surface area contributed by atoms with Crippen molar-refractivity contribution >= 4 is 0 Å². The fourth-order valence-electron chi connectivity index (χ4n) is 7.80. The van der Waals surface area contributed by atoms with Crippen molar-refractivity contribution in [3.8, 4) is 0 Å². The van der Waals surface area contributed by atoms with E-state index in [-0.39, 0.29) is 24.7 Å². The average molecular weight is 370 g/mol. The topological polar surface area (TPSA) is 121 Å². The molecule has 0 heterocycles. The highest BCUT2D eigenvalue weighted by Crippen LogP contribution is 2.69. The van der Waals surface area contributed by atoms with E-state index in [4.69, 9.17) is 0 Å². The molecule has 6 nitrogen and oxygen atoms in total. The standard InChI is InChI=1S/C20H34O6/c1-16(2)13(21)7-12-18(4,25)11-6-5-10-15(23)19(11,9-17(10,3)24)8-14(22)20(12,16)26/h10-15,21-26H,5-9H2,1-4H3/t10-,11-,12+,13+,14-,15+,17-,18-,19+,20+/m1/s1. The van der Waals surface area contributed by atoms with Crippen molar-refractivity contribution in [2.45, 2.75) is 94.9 Å². The second-order valence-corrected chi connectivity index (χ2v) is 10.7. The van der Waals surface area contributed by atoms with Gasteiger partial charge < -0.3 is 30.6 Å². The first-order chi connectivity index (χ1) is 11.7. The summed E-state index contributed by atoms with van der Waals surface area (Å²) in [5.74, 6) is -1.34. The fraction of sp³-hybridized carbons (Fsp3) is 1.00. The molecule has 2 bridgehead atoms. The minimum atomic E-state index is -1.66. The molecule has 0 aliphatic heterocycles. The first-order valence-corrected chi connectivity index (χ1v) is 9.94. The van der Waals surface area contributed by atoms with E-state index >= 15 is 0 Å². The van der Waals surface area contributed by atoms with Gasteiger partial charge in [-0.15, -0.1) is 0 Å². The van der Waals surface area contributed by atoms with Gasteiger partial charge in [0.15, 0.2) is 0 Å². The average Bonchev–Trinajstić information content (AvgIpc) is 2.72. The van der Waals surface area contributed by atoms with Gasteiger partial charge in [0.2, 0.25) is 0 Å². The molecule has 0 saturated heterocycles. The van der Waals surface area contributed by atoms with Crippen molar-refractivity contribution in [1.82, 2.24) is 0 Å². The molecule has 4 aliphatic rings. The molecule has 4 rings (SSSR count). The maximum absolute atomic E-state index is 11.7. The molecule has 0 unspecified atom stereocenters. The third kappa shape index (κ3) is 1.89. The van der Waals surface area contributed by atoms with Crippen LogP contribution in [0, 0.1) is 28.6 Å². The van der Waals surface area contributed by atoms with E-state index in [1.165, 1.54) is 0 Å². The minimum Gasteiger partial charge on any atom is -0.392 e. The van der Waals surface area contributed by atoms with Gasteiger partial charge in [-0.05, 0) is 51.9 Å². The molecule has 0 radical (unpaired) electrons. The van der Waals surface area contributed by atoms with Gasteiger partial charge in [-0.25, -0.2) is 0 Å². The molecule has 0 aromatic rings. The number of rotatable bonds is 0. The zero-order valence-electron chi connectivity index (χ0n) is 16.2. The zero-order valence-corrected chi connectivity index (χ0v) is 16.2. The van der Waals surface area contributed by atoms with Gasteiger partial charge in [0, 0.05) is 22.7 Å². The lowest BCUT2D eigenvalue weighted by Crippen LogP contribution is -2.60. The molecule has 6 heteroatoms. The Hall–Kier alpha value is -0.240. The third-order valence-corrected chi connectivity index (χ3v) is 9.26. The molecule has 10 atom stereocenters. The monoisotopic (exact) mass is 370 g/mol. The second-order valence-electron chi connectivity index (χ2n) is 10.7. The minimum absolute atomic E-state index is 0.116. The first-order valence-electron chi connectivity index (χ1n) is 9.94. The van der Waals surface area contributed by atoms with Crippen LogP contribution in [0.1, 0.15) is 59.8 Å². The first kappa shape index (κ1) is 19.1. The van der Waals surface area contributed by atoms with E-state index in [2.05, 4.69) is 0 Å². The van der Waals surface area contributed by atoms with Crippen molar-refractivity contribution in [2.24, 2.45) is 28.6 Å². The van der Waals surface area contributed by atoms with Crippen LogP contribution in [0.15, 0.2) is 0 Å². The van der Waals surface area contributed by atoms with Crippen LogP contribution in [0.5, 0.6) is 0 Å². The summed E-state index contributed by atoms with van der Waals surface area (Å²) in [6, 6.07) is 0. The van der Waals surface area contributed by atoms with Crippen molar-refractivity contribution < 1.29 is 30.6 Å². The molecule has 150 valence electrons. The molecule has 6 N–H and O–H groups in total. The summed E-state index contributed by atoms with van der Waals surface area (Å²) >= 11 is 0. The summed E-state index contributed by atoms with van der Waals surface area (Å²) in [4.78, 5) is 0. The molecule has 4 aliphatic carbocycles. The van der Waals surface area contributed by atoms with Crippen LogP contribution in [0.25, 0.3) is 0 Å². The predicted molar refractivity (Wildman–Crippen MR) is 94.0 cm³/mol. The lowest BCUT2D eigenvalue weighted by Gasteiger charge is -2.51. The summed E-state index contributed by atoms with van der Waals surface area (Å²) in [5.41, 5.74) is -5.91. The maximum Gasteiger partial charge on any atom is 0.104 e. The number of fused-ring (bicyclic) bond motifs is 2. The van der Waals surface area contributed by atoms with Crippen molar-refractivity contribution in [3.63, 3.8) is 0 Å². The highest BCUT2D eigenvalue weighted by Gasteiger charge is 2.76. The number of hydrogen-bond donors (Lipinski definition) is 6. The summed E-state index contributed by atoms with van der Waals surface area (Å²) in [6.45, 7) is 6.87. The smallest absolute Gasteiger partial charge is 0.104 e. The number of aliphatic hydroxyl groups excluding tert-OH is 3. The van der Waals surface area contributed by atoms with E-state index in [1.807, 2.05) is 0 Å². The molecule has 4 saturated carbocycles. The SMILES string of the molecule is CC1(C)[C@@H](O)C[C@H]2[C@](C)(O)[C@H]3CC[C@@H]4[C@H](O)[C@@]3(C[C@@H](O)[C@@]21O)C[C@@]4(C)O. The Morgan fingerprint density at radius 3 is 2.04 bits per heavy atom. The molecule has 4 fully saturated rings. The Kier molecular flexibility index (Phi) is 3.69. The number of hydrogen-bond acceptors (Lipinski definition) is 6.